The van der Waals surface area contributed by atoms with Crippen LogP contribution in [-0.2, 0) is 10.0 Å². The highest BCUT2D eigenvalue weighted by Crippen LogP contribution is 2.36. The summed E-state index contributed by atoms with van der Waals surface area (Å²) < 4.78 is 26.1. The van der Waals surface area contributed by atoms with Gasteiger partial charge in [0.05, 0.1) is 18.9 Å². The Bertz CT molecular complexity index is 771. The van der Waals surface area contributed by atoms with Gasteiger partial charge in [-0.2, -0.15) is 4.31 Å². The summed E-state index contributed by atoms with van der Waals surface area (Å²) in [6, 6.07) is 0.748. The third-order valence-corrected chi connectivity index (χ3v) is 6.86. The number of carbonyl (C=O) groups is 1. The molecule has 0 saturated heterocycles. The molecule has 0 radical (unpaired) electrons. The number of amides is 2. The smallest absolute Gasteiger partial charge is 0.327 e. The van der Waals surface area contributed by atoms with Crippen molar-refractivity contribution in [3.05, 3.63) is 22.7 Å². The fourth-order valence-corrected chi connectivity index (χ4v) is 5.18. The van der Waals surface area contributed by atoms with Gasteiger partial charge in [0.15, 0.2) is 0 Å². The van der Waals surface area contributed by atoms with E-state index < -0.39 is 16.1 Å². The molecule has 2 rings (SSSR count). The van der Waals surface area contributed by atoms with E-state index in [0.717, 1.165) is 15.6 Å². The van der Waals surface area contributed by atoms with Crippen LogP contribution in [0.3, 0.4) is 0 Å². The largest absolute Gasteiger partial charge is 0.395 e. The van der Waals surface area contributed by atoms with Crippen LogP contribution in [0.1, 0.15) is 0 Å². The average Bonchev–Trinajstić information content (AvgIpc) is 2.97. The Morgan fingerprint density at radius 2 is 2.08 bits per heavy atom. The Morgan fingerprint density at radius 3 is 2.64 bits per heavy atom. The molecule has 0 fully saturated rings. The van der Waals surface area contributed by atoms with Gasteiger partial charge in [0.25, 0.3) is 10.0 Å². The van der Waals surface area contributed by atoms with Gasteiger partial charge in [0.2, 0.25) is 0 Å². The molecule has 0 saturated carbocycles. The molecule has 3 N–H and O–H groups in total. The number of thiophene rings is 1. The fourth-order valence-electron chi connectivity index (χ4n) is 1.97. The van der Waals surface area contributed by atoms with Crippen LogP contribution in [0, 0.1) is 0 Å². The van der Waals surface area contributed by atoms with Crippen molar-refractivity contribution >= 4 is 50.9 Å². The number of hydrogen-bond donors (Lipinski definition) is 3. The van der Waals surface area contributed by atoms with E-state index in [-0.39, 0.29) is 47.2 Å². The molecule has 0 spiro atoms. The van der Waals surface area contributed by atoms with Gasteiger partial charge >= 0.3 is 6.03 Å². The topological polar surface area (TPSA) is 123 Å². The lowest BCUT2D eigenvalue weighted by molar-refractivity contribution is 0.217. The summed E-state index contributed by atoms with van der Waals surface area (Å²) in [4.78, 5) is 17.4. The summed E-state index contributed by atoms with van der Waals surface area (Å²) in [5, 5.41) is 20.5. The van der Waals surface area contributed by atoms with Crippen molar-refractivity contribution in [3.63, 3.8) is 0 Å². The van der Waals surface area contributed by atoms with Gasteiger partial charge in [-0.15, -0.1) is 11.3 Å². The van der Waals surface area contributed by atoms with Crippen molar-refractivity contribution in [2.45, 2.75) is 4.21 Å². The molecule has 1 aromatic rings. The maximum absolute atomic E-state index is 12.6. The number of sulfonamides is 1. The van der Waals surface area contributed by atoms with E-state index >= 15 is 0 Å². The van der Waals surface area contributed by atoms with Crippen molar-refractivity contribution in [2.75, 3.05) is 38.3 Å². The van der Waals surface area contributed by atoms with Gasteiger partial charge in [-0.3, -0.25) is 9.89 Å². The molecule has 0 atom stereocenters. The zero-order valence-corrected chi connectivity index (χ0v) is 15.4. The predicted octanol–water partition coefficient (Wildman–Crippen LogP) is 0.766. The van der Waals surface area contributed by atoms with Crippen molar-refractivity contribution < 1.29 is 23.4 Å². The Balaban J connectivity index is 2.19. The minimum Gasteiger partial charge on any atom is -0.395 e. The number of halogens is 1. The second kappa shape index (κ2) is 8.74. The minimum absolute atomic E-state index is 0.0955. The van der Waals surface area contributed by atoms with E-state index in [1.54, 1.807) is 12.3 Å². The second-order valence-electron chi connectivity index (χ2n) is 4.82. The van der Waals surface area contributed by atoms with E-state index in [0.29, 0.717) is 0 Å². The molecule has 0 unspecified atom stereocenters. The zero-order valence-electron chi connectivity index (χ0n) is 13.0. The molecular weight excluding hydrogens is 392 g/mol. The first kappa shape index (κ1) is 19.8. The number of aliphatic imine (C=N–C) groups is 1. The third kappa shape index (κ3) is 4.77. The molecule has 2 amide bonds. The number of aliphatic hydroxyl groups excluding tert-OH is 2. The van der Waals surface area contributed by atoms with Gasteiger partial charge in [0.1, 0.15) is 15.2 Å². The number of nitrogens with zero attached hydrogens (tertiary/aromatic N) is 3. The Labute approximate surface area is 153 Å². The first-order valence-electron chi connectivity index (χ1n) is 7.15. The van der Waals surface area contributed by atoms with Gasteiger partial charge in [-0.05, 0) is 12.1 Å². The van der Waals surface area contributed by atoms with Crippen LogP contribution < -0.4 is 5.32 Å². The summed E-state index contributed by atoms with van der Waals surface area (Å²) in [7, 11) is -3.94. The van der Waals surface area contributed by atoms with Crippen molar-refractivity contribution in [1.82, 2.24) is 9.21 Å². The molecule has 0 aliphatic carbocycles. The number of urea groups is 1. The standard InChI is InChI=1S/C13H17ClN4O5S2/c14-12-10(16-13(21)17-3-1-2-15-9-17)8-11(24-12)25(22,23)18(4-6-19)5-7-20/h1-3,8,19-20H,4-7,9H2,(H,16,21). The first-order valence-corrected chi connectivity index (χ1v) is 9.79. The summed E-state index contributed by atoms with van der Waals surface area (Å²) in [6.45, 7) is -0.934. The normalized spacial score (nSPS) is 14.3. The van der Waals surface area contributed by atoms with E-state index in [2.05, 4.69) is 10.3 Å². The highest BCUT2D eigenvalue weighted by atomic mass is 35.5. The molecule has 9 nitrogen and oxygen atoms in total. The van der Waals surface area contributed by atoms with E-state index in [4.69, 9.17) is 21.8 Å². The van der Waals surface area contributed by atoms with E-state index in [9.17, 15) is 13.2 Å². The highest BCUT2D eigenvalue weighted by Gasteiger charge is 2.27. The van der Waals surface area contributed by atoms with Gasteiger partial charge in [0, 0.05) is 25.5 Å². The first-order chi connectivity index (χ1) is 11.9. The highest BCUT2D eigenvalue weighted by molar-refractivity contribution is 7.91. The van der Waals surface area contributed by atoms with E-state index in [1.165, 1.54) is 17.2 Å². The number of hydrogen-bond acceptors (Lipinski definition) is 7. The monoisotopic (exact) mass is 408 g/mol. The van der Waals surface area contributed by atoms with Crippen LogP contribution in [0.2, 0.25) is 4.34 Å². The van der Waals surface area contributed by atoms with Gasteiger partial charge in [-0.1, -0.05) is 11.6 Å². The summed E-state index contributed by atoms with van der Waals surface area (Å²) in [6.07, 6.45) is 4.68. The number of aliphatic hydroxyl groups is 2. The number of anilines is 1. The molecule has 138 valence electrons. The predicted molar refractivity (Wildman–Crippen MR) is 95.6 cm³/mol. The lowest BCUT2D eigenvalue weighted by Crippen LogP contribution is -2.35. The minimum atomic E-state index is -3.94. The molecule has 2 heterocycles. The lowest BCUT2D eigenvalue weighted by atomic mass is 10.5. The molecule has 1 aliphatic heterocycles. The van der Waals surface area contributed by atoms with Crippen LogP contribution in [0.15, 0.2) is 27.5 Å². The SMILES string of the molecule is O=C(Nc1cc(S(=O)(=O)N(CCO)CCO)sc1Cl)N1C=CC=NC1. The quantitative estimate of drug-likeness (QED) is 0.614. The van der Waals surface area contributed by atoms with Crippen LogP contribution in [0.25, 0.3) is 0 Å². The number of allylic oxidation sites excluding steroid dienone is 1. The number of nitrogens with one attached hydrogen (secondary N) is 1. The summed E-state index contributed by atoms with van der Waals surface area (Å²) in [5.74, 6) is 0. The van der Waals surface area contributed by atoms with Crippen molar-refractivity contribution in [2.24, 2.45) is 4.99 Å². The maximum atomic E-state index is 12.6. The van der Waals surface area contributed by atoms with Crippen LogP contribution >= 0.6 is 22.9 Å². The van der Waals surface area contributed by atoms with Crippen LogP contribution in [0.4, 0.5) is 10.5 Å². The van der Waals surface area contributed by atoms with Crippen molar-refractivity contribution in [3.8, 4) is 0 Å². The molecular formula is C13H17ClN4O5S2. The fraction of sp³-hybridized carbons (Fsp3) is 0.385. The average molecular weight is 409 g/mol. The van der Waals surface area contributed by atoms with Crippen molar-refractivity contribution in [1.29, 1.82) is 0 Å². The van der Waals surface area contributed by atoms with Gasteiger partial charge in [-0.25, -0.2) is 13.2 Å². The molecule has 25 heavy (non-hydrogen) atoms. The zero-order chi connectivity index (χ0) is 18.4. The van der Waals surface area contributed by atoms with E-state index in [1.807, 2.05) is 0 Å². The number of carbonyl (C=O) groups excluding carboxylic acids is 1. The number of rotatable bonds is 7. The van der Waals surface area contributed by atoms with Crippen LogP contribution in [-0.4, -0.2) is 73.1 Å². The lowest BCUT2D eigenvalue weighted by Gasteiger charge is -2.19. The Kier molecular flexibility index (Phi) is 6.93. The maximum Gasteiger partial charge on any atom is 0.327 e. The Morgan fingerprint density at radius 1 is 1.40 bits per heavy atom. The second-order valence-corrected chi connectivity index (χ2v) is 8.64. The summed E-state index contributed by atoms with van der Waals surface area (Å²) in [5.41, 5.74) is 0.158. The molecule has 1 aromatic heterocycles. The molecule has 1 aliphatic rings. The molecule has 12 heteroatoms. The Hall–Kier alpha value is -1.50. The third-order valence-electron chi connectivity index (χ3n) is 3.15. The molecule has 0 bridgehead atoms. The van der Waals surface area contributed by atoms with Crippen LogP contribution in [0.5, 0.6) is 0 Å². The van der Waals surface area contributed by atoms with Gasteiger partial charge < -0.3 is 15.5 Å². The summed E-state index contributed by atoms with van der Waals surface area (Å²) >= 11 is 6.83. The molecule has 0 aromatic carbocycles.